The van der Waals surface area contributed by atoms with Gasteiger partial charge >= 0.3 is 0 Å². The summed E-state index contributed by atoms with van der Waals surface area (Å²) in [4.78, 5) is 4.30. The molecule has 1 aromatic heterocycles. The number of nitrogens with two attached hydrogens (primary N) is 2. The van der Waals surface area contributed by atoms with Crippen LogP contribution in [0.2, 0.25) is 0 Å². The zero-order chi connectivity index (χ0) is 15.6. The first kappa shape index (κ1) is 15.2. The molecule has 4 N–H and O–H groups in total. The molecule has 0 saturated heterocycles. The fraction of sp³-hybridized carbons (Fsp3) is 0.0625. The van der Waals surface area contributed by atoms with Crippen molar-refractivity contribution >= 4 is 24.3 Å². The predicted octanol–water partition coefficient (Wildman–Crippen LogP) is 1.89. The van der Waals surface area contributed by atoms with E-state index in [1.165, 1.54) is 6.21 Å². The fourth-order valence-electron chi connectivity index (χ4n) is 1.66. The molecule has 1 aromatic carbocycles. The average molecular weight is 295 g/mol. The predicted molar refractivity (Wildman–Crippen MR) is 89.4 cm³/mol. The summed E-state index contributed by atoms with van der Waals surface area (Å²) >= 11 is 0. The van der Waals surface area contributed by atoms with E-state index in [0.717, 1.165) is 11.3 Å². The van der Waals surface area contributed by atoms with E-state index in [4.69, 9.17) is 16.2 Å². The Morgan fingerprint density at radius 2 is 1.91 bits per heavy atom. The molecule has 112 valence electrons. The Morgan fingerprint density at radius 1 is 1.09 bits per heavy atom. The molecule has 6 heteroatoms. The molecule has 0 bridgehead atoms. The molecule has 1 heterocycles. The monoisotopic (exact) mass is 295 g/mol. The second kappa shape index (κ2) is 8.21. The molecule has 0 unspecified atom stereocenters. The van der Waals surface area contributed by atoms with E-state index >= 15 is 0 Å². The third-order valence-corrected chi connectivity index (χ3v) is 2.60. The van der Waals surface area contributed by atoms with E-state index in [2.05, 4.69) is 15.2 Å². The summed E-state index contributed by atoms with van der Waals surface area (Å²) in [6.45, 7) is 0.245. The molecule has 6 nitrogen and oxygen atoms in total. The molecule has 0 saturated carbocycles. The van der Waals surface area contributed by atoms with Crippen LogP contribution >= 0.6 is 0 Å². The third kappa shape index (κ3) is 5.09. The van der Waals surface area contributed by atoms with Crippen molar-refractivity contribution in [3.63, 3.8) is 0 Å². The minimum atomic E-state index is -0.0934. The van der Waals surface area contributed by atoms with Crippen LogP contribution in [0.4, 0.5) is 0 Å². The summed E-state index contributed by atoms with van der Waals surface area (Å²) in [5.41, 5.74) is 12.1. The lowest BCUT2D eigenvalue weighted by atomic mass is 10.2. The first-order valence-corrected chi connectivity index (χ1v) is 6.67. The largest absolute Gasteiger partial charge is 0.486 e. The van der Waals surface area contributed by atoms with E-state index < -0.39 is 0 Å². The molecule has 2 aromatic rings. The smallest absolute Gasteiger partial charge is 0.211 e. The molecule has 0 atom stereocenters. The van der Waals surface area contributed by atoms with Gasteiger partial charge in [-0.2, -0.15) is 5.10 Å². The molecule has 0 aliphatic heterocycles. The number of hydrogen-bond donors (Lipinski definition) is 2. The van der Waals surface area contributed by atoms with Gasteiger partial charge in [-0.3, -0.25) is 4.98 Å². The standard InChI is InChI=1S/C16H17N5O/c17-16(18)21-20-11-12-22-15-7-4-10-19-14(15)9-8-13-5-2-1-3-6-13/h1-11H,12H2,(H4,17,18,21)/b9-8+,20-11+. The molecule has 2 rings (SSSR count). The Kier molecular flexibility index (Phi) is 5.69. The molecule has 0 aliphatic rings. The zero-order valence-electron chi connectivity index (χ0n) is 12.0. The summed E-state index contributed by atoms with van der Waals surface area (Å²) in [5.74, 6) is 0.565. The topological polar surface area (TPSA) is 98.9 Å². The second-order valence-corrected chi connectivity index (χ2v) is 4.26. The average Bonchev–Trinajstić information content (AvgIpc) is 2.54. The van der Waals surface area contributed by atoms with Crippen LogP contribution in [-0.4, -0.2) is 23.8 Å². The van der Waals surface area contributed by atoms with Gasteiger partial charge in [0.05, 0.1) is 6.21 Å². The Balaban J connectivity index is 2.02. The van der Waals surface area contributed by atoms with Gasteiger partial charge in [0, 0.05) is 6.20 Å². The van der Waals surface area contributed by atoms with Crippen LogP contribution in [0.3, 0.4) is 0 Å². The van der Waals surface area contributed by atoms with E-state index in [0.29, 0.717) is 5.75 Å². The van der Waals surface area contributed by atoms with Gasteiger partial charge in [0.2, 0.25) is 5.96 Å². The minimum Gasteiger partial charge on any atom is -0.486 e. The second-order valence-electron chi connectivity index (χ2n) is 4.26. The number of nitrogens with zero attached hydrogens (tertiary/aromatic N) is 3. The lowest BCUT2D eigenvalue weighted by Crippen LogP contribution is -2.21. The highest BCUT2D eigenvalue weighted by Gasteiger charge is 2.00. The summed E-state index contributed by atoms with van der Waals surface area (Å²) in [7, 11) is 0. The zero-order valence-corrected chi connectivity index (χ0v) is 12.0. The molecule has 22 heavy (non-hydrogen) atoms. The normalized spacial score (nSPS) is 10.9. The van der Waals surface area contributed by atoms with Crippen LogP contribution in [-0.2, 0) is 0 Å². The first-order valence-electron chi connectivity index (χ1n) is 6.67. The SMILES string of the molecule is NC(N)=N/N=C/COc1cccnc1/C=C/c1ccccc1. The minimum absolute atomic E-state index is 0.0934. The van der Waals surface area contributed by atoms with Crippen molar-refractivity contribution in [1.29, 1.82) is 0 Å². The number of rotatable bonds is 6. The summed E-state index contributed by atoms with van der Waals surface area (Å²) < 4.78 is 5.59. The van der Waals surface area contributed by atoms with Crippen molar-refractivity contribution in [2.24, 2.45) is 21.7 Å². The molecular formula is C16H17N5O. The third-order valence-electron chi connectivity index (χ3n) is 2.60. The quantitative estimate of drug-likeness (QED) is 0.483. The summed E-state index contributed by atoms with van der Waals surface area (Å²) in [5, 5.41) is 7.14. The van der Waals surface area contributed by atoms with Crippen molar-refractivity contribution in [3.05, 3.63) is 59.9 Å². The molecule has 0 amide bonds. The van der Waals surface area contributed by atoms with Crippen LogP contribution < -0.4 is 16.2 Å². The molecule has 0 radical (unpaired) electrons. The number of ether oxygens (including phenoxy) is 1. The molecule has 0 aliphatic carbocycles. The van der Waals surface area contributed by atoms with Crippen LogP contribution in [0.1, 0.15) is 11.3 Å². The van der Waals surface area contributed by atoms with Crippen molar-refractivity contribution in [1.82, 2.24) is 4.98 Å². The van der Waals surface area contributed by atoms with E-state index in [1.54, 1.807) is 6.20 Å². The van der Waals surface area contributed by atoms with Gasteiger partial charge in [0.15, 0.2) is 0 Å². The summed E-state index contributed by atoms with van der Waals surface area (Å²) in [6.07, 6.45) is 7.06. The highest BCUT2D eigenvalue weighted by Crippen LogP contribution is 2.17. The van der Waals surface area contributed by atoms with E-state index in [1.807, 2.05) is 54.6 Å². The maximum atomic E-state index is 5.59. The molecule has 0 fully saturated rings. The lowest BCUT2D eigenvalue weighted by molar-refractivity contribution is 0.377. The van der Waals surface area contributed by atoms with Gasteiger partial charge in [-0.25, -0.2) is 0 Å². The van der Waals surface area contributed by atoms with Crippen molar-refractivity contribution in [2.75, 3.05) is 6.61 Å². The molecule has 0 spiro atoms. The van der Waals surface area contributed by atoms with Crippen LogP contribution in [0, 0.1) is 0 Å². The van der Waals surface area contributed by atoms with Gasteiger partial charge in [-0.1, -0.05) is 36.4 Å². The number of hydrogen-bond acceptors (Lipinski definition) is 4. The lowest BCUT2D eigenvalue weighted by Gasteiger charge is -2.05. The highest BCUT2D eigenvalue weighted by molar-refractivity contribution is 5.76. The van der Waals surface area contributed by atoms with Crippen molar-refractivity contribution < 1.29 is 4.74 Å². The highest BCUT2D eigenvalue weighted by atomic mass is 16.5. The number of benzene rings is 1. The van der Waals surface area contributed by atoms with Crippen LogP contribution in [0.5, 0.6) is 5.75 Å². The Labute approximate surface area is 128 Å². The van der Waals surface area contributed by atoms with Crippen molar-refractivity contribution in [2.45, 2.75) is 0 Å². The number of aromatic nitrogens is 1. The van der Waals surface area contributed by atoms with Gasteiger partial charge in [-0.15, -0.1) is 5.10 Å². The van der Waals surface area contributed by atoms with Gasteiger partial charge < -0.3 is 16.2 Å². The Hall–Kier alpha value is -3.15. The Bertz CT molecular complexity index is 676. The maximum Gasteiger partial charge on any atom is 0.211 e. The van der Waals surface area contributed by atoms with Crippen LogP contribution in [0.15, 0.2) is 58.9 Å². The van der Waals surface area contributed by atoms with Gasteiger partial charge in [0.1, 0.15) is 18.1 Å². The maximum absolute atomic E-state index is 5.59. The number of guanidine groups is 1. The van der Waals surface area contributed by atoms with Gasteiger partial charge in [0.25, 0.3) is 0 Å². The molecular weight excluding hydrogens is 278 g/mol. The first-order chi connectivity index (χ1) is 10.8. The Morgan fingerprint density at radius 3 is 2.68 bits per heavy atom. The number of pyridine rings is 1. The van der Waals surface area contributed by atoms with Crippen LogP contribution in [0.25, 0.3) is 12.2 Å². The summed E-state index contributed by atoms with van der Waals surface area (Å²) in [6, 6.07) is 13.6. The van der Waals surface area contributed by atoms with Crippen molar-refractivity contribution in [3.8, 4) is 5.75 Å². The van der Waals surface area contributed by atoms with Gasteiger partial charge in [-0.05, 0) is 23.8 Å². The van der Waals surface area contributed by atoms with E-state index in [9.17, 15) is 0 Å². The fourth-order valence-corrected chi connectivity index (χ4v) is 1.66. The van der Waals surface area contributed by atoms with E-state index in [-0.39, 0.29) is 12.6 Å².